The lowest BCUT2D eigenvalue weighted by Gasteiger charge is -2.30. The van der Waals surface area contributed by atoms with Crippen LogP contribution in [0.2, 0.25) is 0 Å². The maximum atomic E-state index is 12.0. The Morgan fingerprint density at radius 3 is 2.83 bits per heavy atom. The summed E-state index contributed by atoms with van der Waals surface area (Å²) in [7, 11) is 0. The van der Waals surface area contributed by atoms with Gasteiger partial charge in [0.05, 0.1) is 12.7 Å². The van der Waals surface area contributed by atoms with Crippen LogP contribution in [-0.4, -0.2) is 62.4 Å². The monoisotopic (exact) mass is 278 g/mol. The molecule has 18 heavy (non-hydrogen) atoms. The normalized spacial score (nSPS) is 25.6. The molecule has 5 nitrogen and oxygen atoms in total. The minimum Gasteiger partial charge on any atom is -0.376 e. The van der Waals surface area contributed by atoms with E-state index in [1.165, 1.54) is 0 Å². The number of nitrogens with zero attached hydrogens (tertiary/aromatic N) is 1. The molecule has 2 saturated heterocycles. The Labute approximate surface area is 115 Å². The van der Waals surface area contributed by atoms with E-state index in [4.69, 9.17) is 9.47 Å². The molecule has 0 aromatic heterocycles. The SMILES string of the molecule is CC(OCC1CCCO1)C(=O)N1CCNCC1.Cl. The fourth-order valence-corrected chi connectivity index (χ4v) is 2.24. The molecule has 2 unspecified atom stereocenters. The predicted molar refractivity (Wildman–Crippen MR) is 71.1 cm³/mol. The van der Waals surface area contributed by atoms with Crippen molar-refractivity contribution in [3.05, 3.63) is 0 Å². The number of carbonyl (C=O) groups excluding carboxylic acids is 1. The molecule has 1 amide bonds. The maximum absolute atomic E-state index is 12.0. The summed E-state index contributed by atoms with van der Waals surface area (Å²) in [5.41, 5.74) is 0. The highest BCUT2D eigenvalue weighted by Gasteiger charge is 2.24. The molecule has 2 rings (SSSR count). The average Bonchev–Trinajstić information content (AvgIpc) is 2.89. The quantitative estimate of drug-likeness (QED) is 0.810. The summed E-state index contributed by atoms with van der Waals surface area (Å²) in [5.74, 6) is 0.101. The molecule has 2 atom stereocenters. The van der Waals surface area contributed by atoms with Crippen LogP contribution in [0.15, 0.2) is 0 Å². The first kappa shape index (κ1) is 15.7. The topological polar surface area (TPSA) is 50.8 Å². The molecule has 0 radical (unpaired) electrons. The number of halogens is 1. The maximum Gasteiger partial charge on any atom is 0.251 e. The molecule has 1 N–H and O–H groups in total. The van der Waals surface area contributed by atoms with Crippen molar-refractivity contribution in [3.63, 3.8) is 0 Å². The lowest BCUT2D eigenvalue weighted by atomic mass is 10.2. The lowest BCUT2D eigenvalue weighted by Crippen LogP contribution is -2.50. The van der Waals surface area contributed by atoms with E-state index in [2.05, 4.69) is 5.32 Å². The smallest absolute Gasteiger partial charge is 0.251 e. The molecule has 2 fully saturated rings. The van der Waals surface area contributed by atoms with Crippen LogP contribution in [0.25, 0.3) is 0 Å². The Morgan fingerprint density at radius 1 is 1.50 bits per heavy atom. The van der Waals surface area contributed by atoms with Crippen molar-refractivity contribution in [2.24, 2.45) is 0 Å². The third-order valence-corrected chi connectivity index (χ3v) is 3.33. The summed E-state index contributed by atoms with van der Waals surface area (Å²) in [6, 6.07) is 0. The predicted octanol–water partition coefficient (Wildman–Crippen LogP) is 0.424. The molecule has 106 valence electrons. The van der Waals surface area contributed by atoms with Crippen molar-refractivity contribution in [2.75, 3.05) is 39.4 Å². The molecule has 6 heteroatoms. The summed E-state index contributed by atoms with van der Waals surface area (Å²) >= 11 is 0. The number of amides is 1. The lowest BCUT2D eigenvalue weighted by molar-refractivity contribution is -0.145. The van der Waals surface area contributed by atoms with Crippen LogP contribution < -0.4 is 5.32 Å². The molecule has 0 aliphatic carbocycles. The van der Waals surface area contributed by atoms with E-state index in [1.807, 2.05) is 11.8 Å². The first-order valence-electron chi connectivity index (χ1n) is 6.50. The van der Waals surface area contributed by atoms with Gasteiger partial charge in [0, 0.05) is 32.8 Å². The van der Waals surface area contributed by atoms with E-state index in [-0.39, 0.29) is 30.5 Å². The van der Waals surface area contributed by atoms with Crippen molar-refractivity contribution in [1.82, 2.24) is 10.2 Å². The van der Waals surface area contributed by atoms with Crippen LogP contribution in [-0.2, 0) is 14.3 Å². The standard InChI is InChI=1S/C12H22N2O3.ClH/c1-10(17-9-11-3-2-8-16-11)12(15)14-6-4-13-5-7-14;/h10-11,13H,2-9H2,1H3;1H. The first-order chi connectivity index (χ1) is 8.27. The minimum absolute atomic E-state index is 0. The van der Waals surface area contributed by atoms with E-state index in [0.29, 0.717) is 6.61 Å². The van der Waals surface area contributed by atoms with E-state index in [9.17, 15) is 4.79 Å². The first-order valence-corrected chi connectivity index (χ1v) is 6.50. The fourth-order valence-electron chi connectivity index (χ4n) is 2.24. The highest BCUT2D eigenvalue weighted by Crippen LogP contribution is 2.13. The molecule has 0 spiro atoms. The molecule has 0 bridgehead atoms. The molecular formula is C12H23ClN2O3. The summed E-state index contributed by atoms with van der Waals surface area (Å²) in [6.45, 7) is 6.53. The number of rotatable bonds is 4. The highest BCUT2D eigenvalue weighted by molar-refractivity contribution is 5.85. The number of piperazine rings is 1. The number of nitrogens with one attached hydrogen (secondary N) is 1. The fraction of sp³-hybridized carbons (Fsp3) is 0.917. The number of carbonyl (C=O) groups is 1. The van der Waals surface area contributed by atoms with E-state index < -0.39 is 0 Å². The van der Waals surface area contributed by atoms with Gasteiger partial charge in [0.1, 0.15) is 6.10 Å². The zero-order chi connectivity index (χ0) is 12.1. The van der Waals surface area contributed by atoms with Gasteiger partial charge >= 0.3 is 0 Å². The molecule has 2 heterocycles. The summed E-state index contributed by atoms with van der Waals surface area (Å²) in [5, 5.41) is 3.23. The zero-order valence-electron chi connectivity index (χ0n) is 10.9. The van der Waals surface area contributed by atoms with Gasteiger partial charge in [0.2, 0.25) is 0 Å². The van der Waals surface area contributed by atoms with Gasteiger partial charge in [-0.1, -0.05) is 0 Å². The van der Waals surface area contributed by atoms with Crippen molar-refractivity contribution in [3.8, 4) is 0 Å². The van der Waals surface area contributed by atoms with Crippen LogP contribution in [0, 0.1) is 0 Å². The van der Waals surface area contributed by atoms with Crippen molar-refractivity contribution in [2.45, 2.75) is 32.0 Å². The Balaban J connectivity index is 0.00000162. The number of hydrogen-bond acceptors (Lipinski definition) is 4. The zero-order valence-corrected chi connectivity index (χ0v) is 11.7. The Hall–Kier alpha value is -0.360. The van der Waals surface area contributed by atoms with Crippen LogP contribution in [0.1, 0.15) is 19.8 Å². The Morgan fingerprint density at radius 2 is 2.22 bits per heavy atom. The third-order valence-electron chi connectivity index (χ3n) is 3.33. The molecule has 0 saturated carbocycles. The third kappa shape index (κ3) is 4.39. The van der Waals surface area contributed by atoms with Crippen LogP contribution in [0.5, 0.6) is 0 Å². The average molecular weight is 279 g/mol. The number of ether oxygens (including phenoxy) is 2. The van der Waals surface area contributed by atoms with Gasteiger partial charge in [0.15, 0.2) is 0 Å². The van der Waals surface area contributed by atoms with Crippen molar-refractivity contribution >= 4 is 18.3 Å². The Bertz CT molecular complexity index is 254. The summed E-state index contributed by atoms with van der Waals surface area (Å²) in [6.07, 6.45) is 1.99. The van der Waals surface area contributed by atoms with E-state index in [0.717, 1.165) is 45.6 Å². The van der Waals surface area contributed by atoms with Crippen LogP contribution >= 0.6 is 12.4 Å². The van der Waals surface area contributed by atoms with Gasteiger partial charge < -0.3 is 19.7 Å². The molecule has 2 aliphatic heterocycles. The second-order valence-corrected chi connectivity index (χ2v) is 4.69. The highest BCUT2D eigenvalue weighted by atomic mass is 35.5. The second-order valence-electron chi connectivity index (χ2n) is 4.69. The molecular weight excluding hydrogens is 256 g/mol. The largest absolute Gasteiger partial charge is 0.376 e. The van der Waals surface area contributed by atoms with E-state index in [1.54, 1.807) is 0 Å². The molecule has 0 aromatic carbocycles. The summed E-state index contributed by atoms with van der Waals surface area (Å²) in [4.78, 5) is 13.9. The van der Waals surface area contributed by atoms with Gasteiger partial charge in [-0.05, 0) is 19.8 Å². The van der Waals surface area contributed by atoms with Crippen molar-refractivity contribution < 1.29 is 14.3 Å². The van der Waals surface area contributed by atoms with Crippen LogP contribution in [0.4, 0.5) is 0 Å². The molecule has 2 aliphatic rings. The van der Waals surface area contributed by atoms with Gasteiger partial charge in [-0.15, -0.1) is 12.4 Å². The van der Waals surface area contributed by atoms with Gasteiger partial charge in [-0.25, -0.2) is 0 Å². The number of hydrogen-bond donors (Lipinski definition) is 1. The minimum atomic E-state index is -0.350. The van der Waals surface area contributed by atoms with Crippen molar-refractivity contribution in [1.29, 1.82) is 0 Å². The van der Waals surface area contributed by atoms with Gasteiger partial charge in [-0.2, -0.15) is 0 Å². The second kappa shape index (κ2) is 7.94. The van der Waals surface area contributed by atoms with Gasteiger partial charge in [-0.3, -0.25) is 4.79 Å². The van der Waals surface area contributed by atoms with Crippen LogP contribution in [0.3, 0.4) is 0 Å². The Kier molecular flexibility index (Phi) is 6.92. The van der Waals surface area contributed by atoms with Gasteiger partial charge in [0.25, 0.3) is 5.91 Å². The molecule has 0 aromatic rings. The summed E-state index contributed by atoms with van der Waals surface area (Å²) < 4.78 is 11.1. The van der Waals surface area contributed by atoms with E-state index >= 15 is 0 Å².